The number of rotatable bonds is 5. The molecule has 0 aliphatic carbocycles. The second-order valence-corrected chi connectivity index (χ2v) is 14.0. The van der Waals surface area contributed by atoms with E-state index in [1.807, 2.05) is 6.92 Å². The summed E-state index contributed by atoms with van der Waals surface area (Å²) in [5.41, 5.74) is 0. The van der Waals surface area contributed by atoms with E-state index in [1.165, 1.54) is 16.7 Å². The highest BCUT2D eigenvalue weighted by Crippen LogP contribution is 2.50. The molecular weight excluding hydrogens is 334 g/mol. The fourth-order valence-corrected chi connectivity index (χ4v) is 6.10. The molecule has 2 N–H and O–H groups in total. The Morgan fingerprint density at radius 2 is 2.00 bits per heavy atom. The number of aliphatic hydroxyl groups is 1. The minimum Gasteiger partial charge on any atom is -0.480 e. The van der Waals surface area contributed by atoms with E-state index in [-0.39, 0.29) is 34.9 Å². The number of carboxylic acids is 1. The molecule has 0 saturated carbocycles. The Hall–Kier alpha value is -0.573. The van der Waals surface area contributed by atoms with Gasteiger partial charge in [0.15, 0.2) is 8.32 Å². The number of fused-ring (bicyclic) bond motifs is 1. The Bertz CT molecular complexity index is 507. The van der Waals surface area contributed by atoms with Crippen molar-refractivity contribution in [2.24, 2.45) is 5.92 Å². The van der Waals surface area contributed by atoms with Crippen LogP contribution in [0.5, 0.6) is 0 Å². The molecule has 2 aliphatic rings. The van der Waals surface area contributed by atoms with Gasteiger partial charge in [0, 0.05) is 0 Å². The molecule has 6 nitrogen and oxygen atoms in total. The molecule has 2 fully saturated rings. The smallest absolute Gasteiger partial charge is 0.327 e. The van der Waals surface area contributed by atoms with Crippen LogP contribution in [0.1, 0.15) is 27.7 Å². The van der Waals surface area contributed by atoms with E-state index < -0.39 is 25.6 Å². The van der Waals surface area contributed by atoms with E-state index in [0.717, 1.165) is 0 Å². The predicted molar refractivity (Wildman–Crippen MR) is 91.8 cm³/mol. The molecule has 0 aromatic rings. The standard InChI is InChI=1S/C15H27NO5SSi/c1-8(21-23(5,6)15(2,3)4)10-12(18)16-11(14(19)20)9(7-17)22-13(10)16/h8-11,13,17H,7H2,1-6H3,(H,19,20)/t8-,9?,10+,11?,13?/m1/s1. The van der Waals surface area contributed by atoms with Crippen LogP contribution in [-0.2, 0) is 14.0 Å². The number of hydrogen-bond donors (Lipinski definition) is 2. The Morgan fingerprint density at radius 3 is 2.43 bits per heavy atom. The Labute approximate surface area is 142 Å². The van der Waals surface area contributed by atoms with Crippen molar-refractivity contribution in [1.29, 1.82) is 0 Å². The molecule has 0 aromatic heterocycles. The predicted octanol–water partition coefficient (Wildman–Crippen LogP) is 1.74. The monoisotopic (exact) mass is 361 g/mol. The lowest BCUT2D eigenvalue weighted by molar-refractivity contribution is -0.167. The summed E-state index contributed by atoms with van der Waals surface area (Å²) in [5, 5.41) is 18.1. The van der Waals surface area contributed by atoms with Crippen LogP contribution in [0.25, 0.3) is 0 Å². The van der Waals surface area contributed by atoms with Crippen molar-refractivity contribution in [1.82, 2.24) is 4.90 Å². The largest absolute Gasteiger partial charge is 0.480 e. The van der Waals surface area contributed by atoms with Crippen molar-refractivity contribution < 1.29 is 24.2 Å². The molecular formula is C15H27NO5SSi. The summed E-state index contributed by atoms with van der Waals surface area (Å²) in [6, 6.07) is -0.932. The molecule has 1 amide bonds. The molecule has 2 aliphatic heterocycles. The first-order valence-electron chi connectivity index (χ1n) is 7.91. The number of β-lactam (4-membered cyclic amide) rings is 1. The zero-order valence-corrected chi connectivity index (χ0v) is 16.4. The molecule has 2 rings (SSSR count). The maximum absolute atomic E-state index is 12.5. The van der Waals surface area contributed by atoms with Crippen LogP contribution in [0.3, 0.4) is 0 Å². The highest BCUT2D eigenvalue weighted by Gasteiger charge is 2.62. The average Bonchev–Trinajstić information content (AvgIpc) is 2.71. The van der Waals surface area contributed by atoms with Gasteiger partial charge in [-0.2, -0.15) is 0 Å². The van der Waals surface area contributed by atoms with Gasteiger partial charge in [0.1, 0.15) is 6.04 Å². The highest BCUT2D eigenvalue weighted by molar-refractivity contribution is 8.01. The van der Waals surface area contributed by atoms with E-state index in [1.54, 1.807) is 0 Å². The fourth-order valence-electron chi connectivity index (χ4n) is 2.96. The third-order valence-electron chi connectivity index (χ3n) is 5.31. The van der Waals surface area contributed by atoms with Crippen molar-refractivity contribution >= 4 is 32.0 Å². The topological polar surface area (TPSA) is 87.1 Å². The lowest BCUT2D eigenvalue weighted by Crippen LogP contribution is -2.65. The van der Waals surface area contributed by atoms with Gasteiger partial charge in [0.25, 0.3) is 0 Å². The van der Waals surface area contributed by atoms with Crippen molar-refractivity contribution in [2.45, 2.75) is 68.6 Å². The zero-order chi connectivity index (χ0) is 17.7. The Balaban J connectivity index is 2.12. The van der Waals surface area contributed by atoms with Crippen molar-refractivity contribution in [3.63, 3.8) is 0 Å². The van der Waals surface area contributed by atoms with E-state index in [9.17, 15) is 19.8 Å². The maximum atomic E-state index is 12.5. The van der Waals surface area contributed by atoms with Gasteiger partial charge in [0.2, 0.25) is 5.91 Å². The number of nitrogens with zero attached hydrogens (tertiary/aromatic N) is 1. The van der Waals surface area contributed by atoms with Crippen LogP contribution in [0.15, 0.2) is 0 Å². The normalized spacial score (nSPS) is 32.5. The first-order chi connectivity index (χ1) is 10.4. The molecule has 0 bridgehead atoms. The third kappa shape index (κ3) is 3.06. The number of amides is 1. The molecule has 5 atom stereocenters. The summed E-state index contributed by atoms with van der Waals surface area (Å²) in [6.45, 7) is 12.4. The van der Waals surface area contributed by atoms with Gasteiger partial charge in [-0.25, -0.2) is 4.79 Å². The van der Waals surface area contributed by atoms with Crippen LogP contribution in [0, 0.1) is 5.92 Å². The number of carbonyl (C=O) groups excluding carboxylic acids is 1. The molecule has 23 heavy (non-hydrogen) atoms. The Kier molecular flexibility index (Phi) is 4.94. The van der Waals surface area contributed by atoms with Crippen LogP contribution in [-0.4, -0.2) is 64.7 Å². The molecule has 0 radical (unpaired) electrons. The Morgan fingerprint density at radius 1 is 1.43 bits per heavy atom. The van der Waals surface area contributed by atoms with E-state index in [4.69, 9.17) is 4.43 Å². The SMILES string of the molecule is C[C@@H](O[Si](C)(C)C(C)(C)C)[C@H]1C(=O)N2C(C(=O)O)C(CO)SC12. The number of carbonyl (C=O) groups is 2. The summed E-state index contributed by atoms with van der Waals surface area (Å²) in [6.07, 6.45) is -0.246. The molecule has 3 unspecified atom stereocenters. The van der Waals surface area contributed by atoms with Gasteiger partial charge in [-0.15, -0.1) is 11.8 Å². The third-order valence-corrected chi connectivity index (χ3v) is 11.4. The second kappa shape index (κ2) is 6.05. The quantitative estimate of drug-likeness (QED) is 0.573. The van der Waals surface area contributed by atoms with Gasteiger partial charge in [-0.05, 0) is 25.1 Å². The van der Waals surface area contributed by atoms with Crippen molar-refractivity contribution in [3.8, 4) is 0 Å². The van der Waals surface area contributed by atoms with E-state index >= 15 is 0 Å². The van der Waals surface area contributed by atoms with Gasteiger partial charge in [0.05, 0.1) is 29.3 Å². The summed E-state index contributed by atoms with van der Waals surface area (Å²) < 4.78 is 6.32. The average molecular weight is 362 g/mol. The molecule has 0 aromatic carbocycles. The van der Waals surface area contributed by atoms with Gasteiger partial charge >= 0.3 is 5.97 Å². The summed E-state index contributed by atoms with van der Waals surface area (Å²) in [4.78, 5) is 25.3. The number of aliphatic carboxylic acids is 1. The molecule has 8 heteroatoms. The number of carboxylic acid groups (broad SMARTS) is 1. The lowest BCUT2D eigenvalue weighted by atomic mass is 9.90. The van der Waals surface area contributed by atoms with Crippen LogP contribution < -0.4 is 0 Å². The van der Waals surface area contributed by atoms with Crippen LogP contribution in [0.2, 0.25) is 18.1 Å². The van der Waals surface area contributed by atoms with Crippen LogP contribution in [0.4, 0.5) is 0 Å². The van der Waals surface area contributed by atoms with Crippen LogP contribution >= 0.6 is 11.8 Å². The zero-order valence-electron chi connectivity index (χ0n) is 14.6. The second-order valence-electron chi connectivity index (χ2n) is 7.89. The van der Waals surface area contributed by atoms with Crippen molar-refractivity contribution in [2.75, 3.05) is 6.61 Å². The minimum absolute atomic E-state index is 0.0494. The number of aliphatic hydroxyl groups excluding tert-OH is 1. The highest BCUT2D eigenvalue weighted by atomic mass is 32.2. The van der Waals surface area contributed by atoms with Gasteiger partial charge in [-0.3, -0.25) is 4.79 Å². The van der Waals surface area contributed by atoms with E-state index in [0.29, 0.717) is 0 Å². The molecule has 132 valence electrons. The van der Waals surface area contributed by atoms with Crippen molar-refractivity contribution in [3.05, 3.63) is 0 Å². The lowest BCUT2D eigenvalue weighted by Gasteiger charge is -2.48. The number of thioether (sulfide) groups is 1. The fraction of sp³-hybridized carbons (Fsp3) is 0.867. The first kappa shape index (κ1) is 18.8. The molecule has 2 saturated heterocycles. The van der Waals surface area contributed by atoms with Gasteiger partial charge in [-0.1, -0.05) is 20.8 Å². The molecule has 0 spiro atoms. The molecule has 2 heterocycles. The van der Waals surface area contributed by atoms with E-state index in [2.05, 4.69) is 33.9 Å². The number of hydrogen-bond acceptors (Lipinski definition) is 5. The maximum Gasteiger partial charge on any atom is 0.327 e. The summed E-state index contributed by atoms with van der Waals surface area (Å²) in [7, 11) is -2.00. The van der Waals surface area contributed by atoms with Gasteiger partial charge < -0.3 is 19.5 Å². The summed E-state index contributed by atoms with van der Waals surface area (Å²) in [5.74, 6) is -1.55. The first-order valence-corrected chi connectivity index (χ1v) is 11.8. The summed E-state index contributed by atoms with van der Waals surface area (Å²) >= 11 is 1.38. The minimum atomic E-state index is -2.00.